The summed E-state index contributed by atoms with van der Waals surface area (Å²) in [4.78, 5) is 4.07. The zero-order chi connectivity index (χ0) is 10.0. The van der Waals surface area contributed by atoms with Crippen LogP contribution >= 0.6 is 0 Å². The molecule has 4 heteroatoms. The summed E-state index contributed by atoms with van der Waals surface area (Å²) in [7, 11) is 0. The smallest absolute Gasteiger partial charge is 0.167 e. The highest BCUT2D eigenvalue weighted by Crippen LogP contribution is 2.23. The van der Waals surface area contributed by atoms with Crippen molar-refractivity contribution in [2.75, 3.05) is 13.2 Å². The van der Waals surface area contributed by atoms with Crippen LogP contribution in [0.4, 0.5) is 0 Å². The van der Waals surface area contributed by atoms with E-state index in [9.17, 15) is 0 Å². The zero-order valence-electron chi connectivity index (χ0n) is 8.69. The van der Waals surface area contributed by atoms with Crippen molar-refractivity contribution in [3.63, 3.8) is 0 Å². The second kappa shape index (κ2) is 3.71. The second-order valence-corrected chi connectivity index (χ2v) is 3.81. The summed E-state index contributed by atoms with van der Waals surface area (Å²) in [5.74, 6) is -0.392. The average Bonchev–Trinajstić information content (AvgIpc) is 2.73. The molecule has 0 bridgehead atoms. The molecule has 78 valence electrons. The number of imidazole rings is 1. The van der Waals surface area contributed by atoms with Gasteiger partial charge >= 0.3 is 0 Å². The summed E-state index contributed by atoms with van der Waals surface area (Å²) in [6, 6.07) is 0. The van der Waals surface area contributed by atoms with E-state index in [1.165, 1.54) is 5.69 Å². The first-order valence-electron chi connectivity index (χ1n) is 4.94. The van der Waals surface area contributed by atoms with Gasteiger partial charge in [0.1, 0.15) is 0 Å². The molecule has 1 saturated heterocycles. The van der Waals surface area contributed by atoms with Gasteiger partial charge in [-0.15, -0.1) is 0 Å². The van der Waals surface area contributed by atoms with Crippen molar-refractivity contribution in [1.82, 2.24) is 9.55 Å². The Kier molecular flexibility index (Phi) is 2.56. The summed E-state index contributed by atoms with van der Waals surface area (Å²) in [5.41, 5.74) is 1.17. The first kappa shape index (κ1) is 9.68. The third kappa shape index (κ3) is 1.96. The number of nitrogens with zero attached hydrogens (tertiary/aromatic N) is 2. The molecule has 14 heavy (non-hydrogen) atoms. The molecule has 1 fully saturated rings. The van der Waals surface area contributed by atoms with Gasteiger partial charge in [0.25, 0.3) is 0 Å². The van der Waals surface area contributed by atoms with Crippen molar-refractivity contribution in [2.45, 2.75) is 32.6 Å². The lowest BCUT2D eigenvalue weighted by molar-refractivity contribution is -0.148. The van der Waals surface area contributed by atoms with Crippen LogP contribution in [0.15, 0.2) is 12.5 Å². The molecule has 1 aliphatic rings. The molecule has 0 atom stereocenters. The highest BCUT2D eigenvalue weighted by Gasteiger charge is 2.30. The maximum absolute atomic E-state index is 5.52. The zero-order valence-corrected chi connectivity index (χ0v) is 8.69. The van der Waals surface area contributed by atoms with E-state index >= 15 is 0 Å². The van der Waals surface area contributed by atoms with E-state index in [1.807, 2.05) is 26.4 Å². The molecule has 0 N–H and O–H groups in total. The van der Waals surface area contributed by atoms with Gasteiger partial charge in [-0.3, -0.25) is 0 Å². The number of aromatic nitrogens is 2. The van der Waals surface area contributed by atoms with E-state index in [-0.39, 0.29) is 0 Å². The summed E-state index contributed by atoms with van der Waals surface area (Å²) >= 11 is 0. The molecule has 1 aliphatic heterocycles. The average molecular weight is 196 g/mol. The minimum Gasteiger partial charge on any atom is -0.348 e. The molecule has 4 nitrogen and oxygen atoms in total. The molecular weight excluding hydrogens is 180 g/mol. The van der Waals surface area contributed by atoms with Gasteiger partial charge in [-0.2, -0.15) is 0 Å². The van der Waals surface area contributed by atoms with Crippen LogP contribution in [0.25, 0.3) is 0 Å². The lowest BCUT2D eigenvalue weighted by Crippen LogP contribution is -2.27. The van der Waals surface area contributed by atoms with Gasteiger partial charge in [0.2, 0.25) is 0 Å². The van der Waals surface area contributed by atoms with Crippen LogP contribution < -0.4 is 0 Å². The first-order valence-corrected chi connectivity index (χ1v) is 4.94. The Labute approximate surface area is 83.8 Å². The van der Waals surface area contributed by atoms with E-state index in [2.05, 4.69) is 9.55 Å². The van der Waals surface area contributed by atoms with Gasteiger partial charge in [-0.1, -0.05) is 0 Å². The van der Waals surface area contributed by atoms with Crippen LogP contribution in [-0.2, 0) is 16.0 Å². The Morgan fingerprint density at radius 2 is 2.21 bits per heavy atom. The summed E-state index contributed by atoms with van der Waals surface area (Å²) in [6.07, 6.45) is 4.57. The topological polar surface area (TPSA) is 36.3 Å². The lowest BCUT2D eigenvalue weighted by atomic mass is 10.2. The van der Waals surface area contributed by atoms with Crippen molar-refractivity contribution in [2.24, 2.45) is 0 Å². The second-order valence-electron chi connectivity index (χ2n) is 3.81. The fourth-order valence-corrected chi connectivity index (χ4v) is 1.65. The minimum atomic E-state index is -0.392. The molecule has 0 saturated carbocycles. The van der Waals surface area contributed by atoms with Gasteiger partial charge in [0.05, 0.1) is 19.5 Å². The third-order valence-electron chi connectivity index (χ3n) is 2.63. The quantitative estimate of drug-likeness (QED) is 0.732. The van der Waals surface area contributed by atoms with E-state index in [0.29, 0.717) is 13.2 Å². The molecule has 0 aromatic carbocycles. The molecule has 0 spiro atoms. The van der Waals surface area contributed by atoms with E-state index < -0.39 is 5.79 Å². The monoisotopic (exact) mass is 196 g/mol. The molecule has 1 aromatic heterocycles. The van der Waals surface area contributed by atoms with Gasteiger partial charge in [0.15, 0.2) is 5.79 Å². The van der Waals surface area contributed by atoms with Gasteiger partial charge < -0.3 is 14.0 Å². The predicted molar refractivity (Wildman–Crippen MR) is 51.9 cm³/mol. The highest BCUT2D eigenvalue weighted by atomic mass is 16.7. The summed E-state index contributed by atoms with van der Waals surface area (Å²) in [5, 5.41) is 0. The van der Waals surface area contributed by atoms with Crippen LogP contribution in [0.1, 0.15) is 19.0 Å². The summed E-state index contributed by atoms with van der Waals surface area (Å²) in [6.45, 7) is 6.35. The van der Waals surface area contributed by atoms with Crippen LogP contribution in [-0.4, -0.2) is 28.6 Å². The lowest BCUT2D eigenvalue weighted by Gasteiger charge is -2.22. The Morgan fingerprint density at radius 1 is 1.50 bits per heavy atom. The molecule has 2 heterocycles. The third-order valence-corrected chi connectivity index (χ3v) is 2.63. The van der Waals surface area contributed by atoms with Gasteiger partial charge in [-0.25, -0.2) is 4.98 Å². The van der Waals surface area contributed by atoms with Crippen molar-refractivity contribution in [1.29, 1.82) is 0 Å². The van der Waals surface area contributed by atoms with Crippen molar-refractivity contribution in [3.8, 4) is 0 Å². The number of rotatable bonds is 3. The van der Waals surface area contributed by atoms with E-state index in [4.69, 9.17) is 9.47 Å². The summed E-state index contributed by atoms with van der Waals surface area (Å²) < 4.78 is 13.2. The molecule has 0 aliphatic carbocycles. The molecule has 0 amide bonds. The maximum Gasteiger partial charge on any atom is 0.167 e. The Morgan fingerprint density at radius 3 is 2.79 bits per heavy atom. The Bertz CT molecular complexity index is 303. The Balaban J connectivity index is 1.91. The van der Waals surface area contributed by atoms with E-state index in [0.717, 1.165) is 13.0 Å². The van der Waals surface area contributed by atoms with E-state index in [1.54, 1.807) is 0 Å². The molecule has 0 radical (unpaired) electrons. The number of aryl methyl sites for hydroxylation is 2. The van der Waals surface area contributed by atoms with Crippen LogP contribution in [0, 0.1) is 6.92 Å². The van der Waals surface area contributed by atoms with Gasteiger partial charge in [-0.05, 0) is 13.8 Å². The predicted octanol–water partition coefficient (Wildman–Crippen LogP) is 1.34. The van der Waals surface area contributed by atoms with Crippen molar-refractivity contribution < 1.29 is 9.47 Å². The number of hydrogen-bond acceptors (Lipinski definition) is 3. The highest BCUT2D eigenvalue weighted by molar-refractivity contribution is 4.94. The van der Waals surface area contributed by atoms with Crippen molar-refractivity contribution >= 4 is 0 Å². The fraction of sp³-hybridized carbons (Fsp3) is 0.700. The van der Waals surface area contributed by atoms with Gasteiger partial charge in [0, 0.05) is 24.9 Å². The largest absolute Gasteiger partial charge is 0.348 e. The molecular formula is C10H16N2O2. The van der Waals surface area contributed by atoms with Crippen LogP contribution in [0.3, 0.4) is 0 Å². The normalized spacial score (nSPS) is 20.1. The number of hydrogen-bond donors (Lipinski definition) is 0. The first-order chi connectivity index (χ1) is 6.70. The molecule has 0 unspecified atom stereocenters. The number of ether oxygens (including phenoxy) is 2. The standard InChI is InChI=1S/C10H16N2O2/c1-9-7-11-8-12(9)4-3-10(2)13-5-6-14-10/h7-8H,3-6H2,1-2H3. The molecule has 1 aromatic rings. The Hall–Kier alpha value is -0.870. The van der Waals surface area contributed by atoms with Crippen LogP contribution in [0.2, 0.25) is 0 Å². The fourth-order valence-electron chi connectivity index (χ4n) is 1.65. The SMILES string of the molecule is Cc1cncn1CCC1(C)OCCO1. The molecule has 2 rings (SSSR count). The van der Waals surface area contributed by atoms with Crippen LogP contribution in [0.5, 0.6) is 0 Å². The maximum atomic E-state index is 5.52. The minimum absolute atomic E-state index is 0.392. The van der Waals surface area contributed by atoms with Crippen molar-refractivity contribution in [3.05, 3.63) is 18.2 Å².